The van der Waals surface area contributed by atoms with Crippen molar-refractivity contribution >= 4 is 29.3 Å². The minimum Gasteiger partial charge on any atom is -0.428 e. The zero-order valence-electron chi connectivity index (χ0n) is 15.8. The molecule has 4 rings (SSSR count). The Kier molecular flexibility index (Phi) is 6.68. The summed E-state index contributed by atoms with van der Waals surface area (Å²) in [5.41, 5.74) is 4.52. The molecule has 1 fully saturated rings. The molecule has 0 unspecified atom stereocenters. The monoisotopic (exact) mass is 390 g/mol. The van der Waals surface area contributed by atoms with Gasteiger partial charge in [-0.3, -0.25) is 0 Å². The third-order valence-corrected chi connectivity index (χ3v) is 5.03. The average Bonchev–Trinajstić information content (AvgIpc) is 2.94. The number of anilines is 1. The molecular formula is C20H27ClN4O2. The number of aryl methyl sites for hydroxylation is 2. The SMILES string of the molecule is CCc1c(-c2ccccc2)n(O)c2c(N3CCCCC3)nc(C)nc12.Cl.O. The molecule has 0 saturated carbocycles. The van der Waals surface area contributed by atoms with Gasteiger partial charge in [-0.1, -0.05) is 37.3 Å². The van der Waals surface area contributed by atoms with Gasteiger partial charge < -0.3 is 15.6 Å². The van der Waals surface area contributed by atoms with Crippen LogP contribution in [0.3, 0.4) is 0 Å². The maximum absolute atomic E-state index is 11.1. The molecule has 3 heterocycles. The summed E-state index contributed by atoms with van der Waals surface area (Å²) >= 11 is 0. The standard InChI is InChI=1S/C20H24N4O.ClH.H2O/c1-3-16-17-19(24(25)18(16)15-10-6-4-7-11-15)20(22-14(2)21-17)23-12-8-5-9-13-23;;/h4,6-7,10-11,25H,3,5,8-9,12-13H2,1-2H3;1H;1H2. The second kappa shape index (κ2) is 8.59. The van der Waals surface area contributed by atoms with Crippen LogP contribution in [-0.2, 0) is 6.42 Å². The van der Waals surface area contributed by atoms with E-state index in [9.17, 15) is 5.21 Å². The molecule has 0 spiro atoms. The van der Waals surface area contributed by atoms with E-state index in [2.05, 4.69) is 11.8 Å². The third kappa shape index (κ3) is 3.59. The molecule has 27 heavy (non-hydrogen) atoms. The van der Waals surface area contributed by atoms with Crippen LogP contribution in [-0.4, -0.2) is 38.5 Å². The summed E-state index contributed by atoms with van der Waals surface area (Å²) in [4.78, 5) is 11.7. The van der Waals surface area contributed by atoms with Gasteiger partial charge in [0.1, 0.15) is 16.9 Å². The molecular weight excluding hydrogens is 364 g/mol. The molecule has 1 aromatic carbocycles. The lowest BCUT2D eigenvalue weighted by molar-refractivity contribution is 0.204. The molecule has 6 nitrogen and oxygen atoms in total. The first kappa shape index (κ1) is 21.0. The quantitative estimate of drug-likeness (QED) is 0.689. The molecule has 2 aromatic heterocycles. The number of benzene rings is 1. The first-order chi connectivity index (χ1) is 12.2. The smallest absolute Gasteiger partial charge is 0.160 e. The third-order valence-electron chi connectivity index (χ3n) is 5.03. The number of halogens is 1. The van der Waals surface area contributed by atoms with Gasteiger partial charge in [-0.15, -0.1) is 12.4 Å². The van der Waals surface area contributed by atoms with Crippen LogP contribution in [0.15, 0.2) is 30.3 Å². The molecule has 0 atom stereocenters. The lowest BCUT2D eigenvalue weighted by Crippen LogP contribution is -2.31. The maximum Gasteiger partial charge on any atom is 0.160 e. The van der Waals surface area contributed by atoms with Crippen LogP contribution in [0.25, 0.3) is 22.3 Å². The van der Waals surface area contributed by atoms with E-state index in [1.54, 1.807) is 0 Å². The zero-order chi connectivity index (χ0) is 17.4. The molecule has 1 aliphatic rings. The number of aromatic nitrogens is 3. The van der Waals surface area contributed by atoms with Crippen LogP contribution in [0.2, 0.25) is 0 Å². The van der Waals surface area contributed by atoms with Crippen molar-refractivity contribution in [3.05, 3.63) is 41.7 Å². The molecule has 0 amide bonds. The summed E-state index contributed by atoms with van der Waals surface area (Å²) in [5, 5.41) is 11.1. The van der Waals surface area contributed by atoms with E-state index in [-0.39, 0.29) is 17.9 Å². The first-order valence-corrected chi connectivity index (χ1v) is 9.12. The molecule has 146 valence electrons. The second-order valence-electron chi connectivity index (χ2n) is 6.70. The van der Waals surface area contributed by atoms with Gasteiger partial charge in [0, 0.05) is 24.2 Å². The minimum atomic E-state index is 0. The summed E-state index contributed by atoms with van der Waals surface area (Å²) in [6.07, 6.45) is 4.41. The van der Waals surface area contributed by atoms with E-state index < -0.39 is 0 Å². The molecule has 0 aliphatic carbocycles. The Labute approximate surface area is 165 Å². The summed E-state index contributed by atoms with van der Waals surface area (Å²) in [6.45, 7) is 6.01. The van der Waals surface area contributed by atoms with Gasteiger partial charge in [-0.2, -0.15) is 4.73 Å². The van der Waals surface area contributed by atoms with Crippen LogP contribution in [0.1, 0.15) is 37.6 Å². The van der Waals surface area contributed by atoms with Gasteiger partial charge in [-0.05, 0) is 32.6 Å². The summed E-state index contributed by atoms with van der Waals surface area (Å²) in [7, 11) is 0. The van der Waals surface area contributed by atoms with Crippen LogP contribution in [0.4, 0.5) is 5.82 Å². The topological polar surface area (TPSA) is 85.7 Å². The van der Waals surface area contributed by atoms with Gasteiger partial charge in [0.2, 0.25) is 0 Å². The van der Waals surface area contributed by atoms with Crippen molar-refractivity contribution in [3.63, 3.8) is 0 Å². The number of rotatable bonds is 3. The predicted molar refractivity (Wildman–Crippen MR) is 111 cm³/mol. The molecule has 0 radical (unpaired) electrons. The number of piperidine rings is 1. The van der Waals surface area contributed by atoms with Gasteiger partial charge >= 0.3 is 0 Å². The van der Waals surface area contributed by atoms with E-state index in [0.717, 1.165) is 59.0 Å². The molecule has 7 heteroatoms. The van der Waals surface area contributed by atoms with Crippen molar-refractivity contribution in [2.75, 3.05) is 18.0 Å². The highest BCUT2D eigenvalue weighted by atomic mass is 35.5. The van der Waals surface area contributed by atoms with E-state index in [1.165, 1.54) is 24.0 Å². The Hall–Kier alpha value is -2.31. The fourth-order valence-electron chi connectivity index (χ4n) is 3.86. The van der Waals surface area contributed by atoms with Gasteiger partial charge in [0.25, 0.3) is 0 Å². The molecule has 1 saturated heterocycles. The Balaban J connectivity index is 0.00000131. The number of fused-ring (bicyclic) bond motifs is 1. The van der Waals surface area contributed by atoms with E-state index in [4.69, 9.17) is 9.97 Å². The molecule has 3 aromatic rings. The molecule has 0 bridgehead atoms. The van der Waals surface area contributed by atoms with Crippen LogP contribution in [0, 0.1) is 6.92 Å². The Morgan fingerprint density at radius 2 is 1.70 bits per heavy atom. The van der Waals surface area contributed by atoms with Crippen molar-refractivity contribution in [3.8, 4) is 11.3 Å². The number of nitrogens with zero attached hydrogens (tertiary/aromatic N) is 4. The highest BCUT2D eigenvalue weighted by Crippen LogP contribution is 2.36. The largest absolute Gasteiger partial charge is 0.428 e. The zero-order valence-corrected chi connectivity index (χ0v) is 16.6. The van der Waals surface area contributed by atoms with Crippen molar-refractivity contribution in [2.45, 2.75) is 39.5 Å². The van der Waals surface area contributed by atoms with Crippen LogP contribution >= 0.6 is 12.4 Å². The van der Waals surface area contributed by atoms with Crippen LogP contribution in [0.5, 0.6) is 0 Å². The molecule has 1 aliphatic heterocycles. The second-order valence-corrected chi connectivity index (χ2v) is 6.70. The van der Waals surface area contributed by atoms with Crippen molar-refractivity contribution in [2.24, 2.45) is 0 Å². The lowest BCUT2D eigenvalue weighted by atomic mass is 10.1. The van der Waals surface area contributed by atoms with Crippen molar-refractivity contribution in [1.29, 1.82) is 0 Å². The predicted octanol–water partition coefficient (Wildman–Crippen LogP) is 3.79. The summed E-state index contributed by atoms with van der Waals surface area (Å²) < 4.78 is 1.31. The highest BCUT2D eigenvalue weighted by molar-refractivity contribution is 5.95. The summed E-state index contributed by atoms with van der Waals surface area (Å²) in [5.74, 6) is 1.62. The highest BCUT2D eigenvalue weighted by Gasteiger charge is 2.25. The average molecular weight is 391 g/mol. The van der Waals surface area contributed by atoms with Crippen molar-refractivity contribution in [1.82, 2.24) is 14.7 Å². The van der Waals surface area contributed by atoms with Crippen LogP contribution < -0.4 is 4.90 Å². The lowest BCUT2D eigenvalue weighted by Gasteiger charge is -2.28. The fourth-order valence-corrected chi connectivity index (χ4v) is 3.86. The number of hydrogen-bond acceptors (Lipinski definition) is 4. The Bertz CT molecular complexity index is 905. The minimum absolute atomic E-state index is 0. The Morgan fingerprint density at radius 3 is 2.33 bits per heavy atom. The van der Waals surface area contributed by atoms with Crippen molar-refractivity contribution < 1.29 is 10.7 Å². The first-order valence-electron chi connectivity index (χ1n) is 9.12. The molecule has 3 N–H and O–H groups in total. The fraction of sp³-hybridized carbons (Fsp3) is 0.400. The van der Waals surface area contributed by atoms with Gasteiger partial charge in [-0.25, -0.2) is 9.97 Å². The van der Waals surface area contributed by atoms with E-state index >= 15 is 0 Å². The number of hydrogen-bond donors (Lipinski definition) is 1. The summed E-state index contributed by atoms with van der Waals surface area (Å²) in [6, 6.07) is 10.0. The van der Waals surface area contributed by atoms with Gasteiger partial charge in [0.05, 0.1) is 5.69 Å². The van der Waals surface area contributed by atoms with E-state index in [0.29, 0.717) is 0 Å². The normalized spacial score (nSPS) is 13.9. The maximum atomic E-state index is 11.1. The Morgan fingerprint density at radius 1 is 1.04 bits per heavy atom. The van der Waals surface area contributed by atoms with Gasteiger partial charge in [0.15, 0.2) is 5.82 Å². The van der Waals surface area contributed by atoms with E-state index in [1.807, 2.05) is 37.3 Å².